The minimum absolute atomic E-state index is 0.0736. The lowest BCUT2D eigenvalue weighted by molar-refractivity contribution is 0.178. The number of likely N-dealkylation sites (tertiary alicyclic amines) is 1. The third kappa shape index (κ3) is 4.10. The molecule has 1 aliphatic rings. The molecule has 25 heavy (non-hydrogen) atoms. The number of pyridine rings is 1. The van der Waals surface area contributed by atoms with Crippen LogP contribution in [0.25, 0.3) is 0 Å². The summed E-state index contributed by atoms with van der Waals surface area (Å²) in [6.07, 6.45) is 7.54. The molecule has 2 amide bonds. The van der Waals surface area contributed by atoms with E-state index in [-0.39, 0.29) is 17.6 Å². The topological polar surface area (TPSA) is 83.0 Å². The Morgan fingerprint density at radius 2 is 2.20 bits per heavy atom. The van der Waals surface area contributed by atoms with Crippen LogP contribution in [-0.4, -0.2) is 38.8 Å². The lowest BCUT2D eigenvalue weighted by Gasteiger charge is -2.32. The van der Waals surface area contributed by atoms with E-state index in [2.05, 4.69) is 28.5 Å². The molecule has 1 aliphatic heterocycles. The number of carbonyl (C=O) groups is 1. The monoisotopic (exact) mass is 343 g/mol. The molecular weight excluding hydrogens is 318 g/mol. The number of hydrogen-bond donors (Lipinski definition) is 2. The minimum atomic E-state index is -0.199. The van der Waals surface area contributed by atoms with E-state index in [9.17, 15) is 9.59 Å². The molecule has 3 rings (SSSR count). The molecule has 1 fully saturated rings. The van der Waals surface area contributed by atoms with Crippen LogP contribution in [0, 0.1) is 0 Å². The van der Waals surface area contributed by atoms with Gasteiger partial charge in [-0.3, -0.25) is 9.48 Å². The van der Waals surface area contributed by atoms with Crippen molar-refractivity contribution in [3.8, 4) is 0 Å². The third-order valence-electron chi connectivity index (χ3n) is 4.87. The first kappa shape index (κ1) is 17.3. The summed E-state index contributed by atoms with van der Waals surface area (Å²) in [5.41, 5.74) is 1.91. The van der Waals surface area contributed by atoms with Crippen LogP contribution in [0.5, 0.6) is 0 Å². The Morgan fingerprint density at radius 1 is 1.44 bits per heavy atom. The molecule has 0 saturated carbocycles. The molecule has 0 bridgehead atoms. The number of aromatic amines is 1. The molecule has 0 spiro atoms. The van der Waals surface area contributed by atoms with Gasteiger partial charge in [0, 0.05) is 38.1 Å². The number of amides is 2. The van der Waals surface area contributed by atoms with E-state index in [0.29, 0.717) is 5.92 Å². The first-order valence-electron chi connectivity index (χ1n) is 8.83. The standard InChI is InChI=1S/C18H25N5O2/c1-3-23-12-16(11-20-23)14-5-8-22(9-6-14)18(25)21-13(2)15-4-7-19-17(24)10-15/h4,7,10-14H,3,5-6,8-9H2,1-2H3,(H,19,24)(H,21,25). The predicted molar refractivity (Wildman–Crippen MR) is 95.5 cm³/mol. The molecule has 1 atom stereocenters. The molecule has 7 heteroatoms. The Bertz CT molecular complexity index is 774. The van der Waals surface area contributed by atoms with Gasteiger partial charge in [0.25, 0.3) is 0 Å². The molecule has 1 unspecified atom stereocenters. The van der Waals surface area contributed by atoms with Gasteiger partial charge >= 0.3 is 6.03 Å². The number of hydrogen-bond acceptors (Lipinski definition) is 3. The molecule has 2 N–H and O–H groups in total. The molecule has 3 heterocycles. The summed E-state index contributed by atoms with van der Waals surface area (Å²) in [6, 6.07) is 3.05. The van der Waals surface area contributed by atoms with Gasteiger partial charge in [-0.25, -0.2) is 4.79 Å². The van der Waals surface area contributed by atoms with Crippen molar-refractivity contribution in [1.29, 1.82) is 0 Å². The largest absolute Gasteiger partial charge is 0.331 e. The van der Waals surface area contributed by atoms with E-state index in [0.717, 1.165) is 38.0 Å². The van der Waals surface area contributed by atoms with Crippen molar-refractivity contribution in [3.63, 3.8) is 0 Å². The number of carbonyl (C=O) groups excluding carboxylic acids is 1. The highest BCUT2D eigenvalue weighted by atomic mass is 16.2. The Morgan fingerprint density at radius 3 is 2.84 bits per heavy atom. The van der Waals surface area contributed by atoms with Gasteiger partial charge in [-0.1, -0.05) is 0 Å². The lowest BCUT2D eigenvalue weighted by atomic mass is 9.92. The van der Waals surface area contributed by atoms with Crippen molar-refractivity contribution in [1.82, 2.24) is 25.0 Å². The molecule has 0 radical (unpaired) electrons. The van der Waals surface area contributed by atoms with Crippen molar-refractivity contribution in [2.45, 2.75) is 45.2 Å². The highest BCUT2D eigenvalue weighted by Crippen LogP contribution is 2.27. The molecule has 0 aromatic carbocycles. The summed E-state index contributed by atoms with van der Waals surface area (Å²) in [7, 11) is 0. The second kappa shape index (κ2) is 7.55. The van der Waals surface area contributed by atoms with Crippen molar-refractivity contribution in [3.05, 3.63) is 52.2 Å². The van der Waals surface area contributed by atoms with E-state index in [1.54, 1.807) is 6.20 Å². The zero-order valence-corrected chi connectivity index (χ0v) is 14.7. The number of urea groups is 1. The zero-order valence-electron chi connectivity index (χ0n) is 14.7. The summed E-state index contributed by atoms with van der Waals surface area (Å²) >= 11 is 0. The Labute approximate surface area is 147 Å². The fraction of sp³-hybridized carbons (Fsp3) is 0.500. The van der Waals surface area contributed by atoms with Crippen LogP contribution in [-0.2, 0) is 6.54 Å². The Kier molecular flexibility index (Phi) is 5.21. The number of H-pyrrole nitrogens is 1. The average molecular weight is 343 g/mol. The van der Waals surface area contributed by atoms with Crippen LogP contribution >= 0.6 is 0 Å². The SMILES string of the molecule is CCn1cc(C2CCN(C(=O)NC(C)c3cc[nH]c(=O)c3)CC2)cn1. The van der Waals surface area contributed by atoms with Crippen LogP contribution in [0.4, 0.5) is 4.79 Å². The molecule has 2 aromatic heterocycles. The zero-order chi connectivity index (χ0) is 17.8. The summed E-state index contributed by atoms with van der Waals surface area (Å²) < 4.78 is 1.94. The van der Waals surface area contributed by atoms with Gasteiger partial charge in [-0.15, -0.1) is 0 Å². The van der Waals surface area contributed by atoms with Crippen LogP contribution in [0.3, 0.4) is 0 Å². The number of aryl methyl sites for hydroxylation is 1. The molecule has 1 saturated heterocycles. The highest BCUT2D eigenvalue weighted by molar-refractivity contribution is 5.74. The number of piperidine rings is 1. The van der Waals surface area contributed by atoms with Gasteiger partial charge in [-0.2, -0.15) is 5.10 Å². The van der Waals surface area contributed by atoms with Gasteiger partial charge in [-0.05, 0) is 49.8 Å². The predicted octanol–water partition coefficient (Wildman–Crippen LogP) is 2.24. The fourth-order valence-corrected chi connectivity index (χ4v) is 3.27. The fourth-order valence-electron chi connectivity index (χ4n) is 3.27. The smallest absolute Gasteiger partial charge is 0.317 e. The number of aromatic nitrogens is 3. The molecule has 0 aliphatic carbocycles. The van der Waals surface area contributed by atoms with Gasteiger partial charge < -0.3 is 15.2 Å². The average Bonchev–Trinajstić information content (AvgIpc) is 3.11. The molecule has 2 aromatic rings. The highest BCUT2D eigenvalue weighted by Gasteiger charge is 2.25. The number of nitrogens with zero attached hydrogens (tertiary/aromatic N) is 3. The van der Waals surface area contributed by atoms with Crippen molar-refractivity contribution < 1.29 is 4.79 Å². The quantitative estimate of drug-likeness (QED) is 0.893. The second-order valence-electron chi connectivity index (χ2n) is 6.55. The first-order chi connectivity index (χ1) is 12.1. The van der Waals surface area contributed by atoms with Gasteiger partial charge in [0.1, 0.15) is 0 Å². The maximum atomic E-state index is 12.5. The van der Waals surface area contributed by atoms with Gasteiger partial charge in [0.05, 0.1) is 12.2 Å². The van der Waals surface area contributed by atoms with E-state index in [4.69, 9.17) is 0 Å². The van der Waals surface area contributed by atoms with E-state index in [1.165, 1.54) is 11.6 Å². The maximum absolute atomic E-state index is 12.5. The summed E-state index contributed by atoms with van der Waals surface area (Å²) in [6.45, 7) is 6.30. The van der Waals surface area contributed by atoms with Crippen LogP contribution < -0.4 is 10.9 Å². The molecular formula is C18H25N5O2. The van der Waals surface area contributed by atoms with Crippen molar-refractivity contribution in [2.24, 2.45) is 0 Å². The third-order valence-corrected chi connectivity index (χ3v) is 4.87. The molecule has 134 valence electrons. The van der Waals surface area contributed by atoms with E-state index in [1.807, 2.05) is 28.8 Å². The number of nitrogens with one attached hydrogen (secondary N) is 2. The Hall–Kier alpha value is -2.57. The van der Waals surface area contributed by atoms with Gasteiger partial charge in [0.15, 0.2) is 0 Å². The summed E-state index contributed by atoms with van der Waals surface area (Å²) in [5, 5.41) is 7.32. The van der Waals surface area contributed by atoms with Crippen LogP contribution in [0.1, 0.15) is 49.8 Å². The summed E-state index contributed by atoms with van der Waals surface area (Å²) in [5.74, 6) is 0.467. The number of rotatable bonds is 4. The van der Waals surface area contributed by atoms with Gasteiger partial charge in [0.2, 0.25) is 5.56 Å². The van der Waals surface area contributed by atoms with Crippen LogP contribution in [0.2, 0.25) is 0 Å². The van der Waals surface area contributed by atoms with E-state index >= 15 is 0 Å². The lowest BCUT2D eigenvalue weighted by Crippen LogP contribution is -2.44. The second-order valence-corrected chi connectivity index (χ2v) is 6.55. The maximum Gasteiger partial charge on any atom is 0.317 e. The summed E-state index contributed by atoms with van der Waals surface area (Å²) in [4.78, 5) is 28.3. The van der Waals surface area contributed by atoms with E-state index < -0.39 is 0 Å². The van der Waals surface area contributed by atoms with Crippen LogP contribution in [0.15, 0.2) is 35.5 Å². The molecule has 7 nitrogen and oxygen atoms in total. The Balaban J connectivity index is 1.53. The van der Waals surface area contributed by atoms with Crippen molar-refractivity contribution in [2.75, 3.05) is 13.1 Å². The minimum Gasteiger partial charge on any atom is -0.331 e. The van der Waals surface area contributed by atoms with Crippen molar-refractivity contribution >= 4 is 6.03 Å². The normalized spacial score (nSPS) is 16.6. The first-order valence-corrected chi connectivity index (χ1v) is 8.83.